The van der Waals surface area contributed by atoms with E-state index in [9.17, 15) is 0 Å². The maximum atomic E-state index is 6.29. The van der Waals surface area contributed by atoms with E-state index in [0.29, 0.717) is 0 Å². The Hall–Kier alpha value is -1.55. The molecule has 104 valence electrons. The molecule has 0 radical (unpaired) electrons. The van der Waals surface area contributed by atoms with E-state index in [-0.39, 0.29) is 18.4 Å². The van der Waals surface area contributed by atoms with Crippen molar-refractivity contribution in [2.75, 3.05) is 7.11 Å². The first-order valence-corrected chi connectivity index (χ1v) is 7.07. The summed E-state index contributed by atoms with van der Waals surface area (Å²) in [5, 5.41) is 6.51. The Morgan fingerprint density at radius 3 is 2.45 bits per heavy atom. The van der Waals surface area contributed by atoms with Crippen LogP contribution in [0.25, 0.3) is 10.8 Å². The molecule has 2 nitrogen and oxygen atoms in total. The van der Waals surface area contributed by atoms with Crippen molar-refractivity contribution in [2.24, 2.45) is 5.73 Å². The zero-order valence-corrected chi connectivity index (χ0v) is 12.7. The van der Waals surface area contributed by atoms with Crippen LogP contribution in [0.2, 0.25) is 0 Å². The highest BCUT2D eigenvalue weighted by atomic mass is 35.5. The lowest BCUT2D eigenvalue weighted by atomic mass is 9.99. The van der Waals surface area contributed by atoms with Gasteiger partial charge in [-0.3, -0.25) is 0 Å². The molecule has 0 amide bonds. The second-order valence-corrected chi connectivity index (χ2v) is 5.29. The van der Waals surface area contributed by atoms with Gasteiger partial charge in [0.15, 0.2) is 0 Å². The summed E-state index contributed by atoms with van der Waals surface area (Å²) in [6.07, 6.45) is 0. The van der Waals surface area contributed by atoms with Crippen LogP contribution in [0.3, 0.4) is 0 Å². The Bertz CT molecular complexity index is 697. The highest BCUT2D eigenvalue weighted by Gasteiger charge is 2.09. The Balaban J connectivity index is 0.00000147. The largest absolute Gasteiger partial charge is 0.497 e. The van der Waals surface area contributed by atoms with Crippen molar-refractivity contribution in [3.05, 3.63) is 64.4 Å². The number of hydrogen-bond donors (Lipinski definition) is 1. The number of hydrogen-bond acceptors (Lipinski definition) is 3. The molecule has 0 aliphatic carbocycles. The Kier molecular flexibility index (Phi) is 4.65. The molecule has 2 N–H and O–H groups in total. The van der Waals surface area contributed by atoms with Crippen molar-refractivity contribution in [1.29, 1.82) is 0 Å². The summed E-state index contributed by atoms with van der Waals surface area (Å²) in [6, 6.07) is 14.4. The molecule has 0 saturated carbocycles. The fraction of sp³-hybridized carbons (Fsp3) is 0.125. The molecule has 2 aromatic carbocycles. The number of rotatable bonds is 3. The van der Waals surface area contributed by atoms with Gasteiger partial charge < -0.3 is 10.5 Å². The molecule has 0 unspecified atom stereocenters. The van der Waals surface area contributed by atoms with Crippen LogP contribution < -0.4 is 10.5 Å². The van der Waals surface area contributed by atoms with Crippen LogP contribution in [0.4, 0.5) is 0 Å². The maximum absolute atomic E-state index is 6.29. The van der Waals surface area contributed by atoms with Crippen molar-refractivity contribution in [2.45, 2.75) is 6.04 Å². The van der Waals surface area contributed by atoms with E-state index in [4.69, 9.17) is 10.5 Å². The van der Waals surface area contributed by atoms with Gasteiger partial charge in [-0.1, -0.05) is 18.2 Å². The lowest BCUT2D eigenvalue weighted by Gasteiger charge is -2.12. The third kappa shape index (κ3) is 2.80. The van der Waals surface area contributed by atoms with Gasteiger partial charge in [-0.05, 0) is 56.9 Å². The molecule has 3 aromatic rings. The van der Waals surface area contributed by atoms with E-state index in [1.807, 2.05) is 12.1 Å². The van der Waals surface area contributed by atoms with Gasteiger partial charge in [0.25, 0.3) is 0 Å². The van der Waals surface area contributed by atoms with Gasteiger partial charge in [-0.15, -0.1) is 12.4 Å². The Labute approximate surface area is 128 Å². The number of nitrogens with two attached hydrogens (primary N) is 1. The topological polar surface area (TPSA) is 35.2 Å². The number of ether oxygens (including phenoxy) is 1. The number of fused-ring (bicyclic) bond motifs is 1. The van der Waals surface area contributed by atoms with Crippen LogP contribution in [0, 0.1) is 0 Å². The average Bonchev–Trinajstić information content (AvgIpc) is 2.99. The number of methoxy groups -OCH3 is 1. The first-order chi connectivity index (χ1) is 9.28. The highest BCUT2D eigenvalue weighted by Crippen LogP contribution is 2.27. The molecule has 0 bridgehead atoms. The van der Waals surface area contributed by atoms with Gasteiger partial charge >= 0.3 is 0 Å². The van der Waals surface area contributed by atoms with Crippen molar-refractivity contribution < 1.29 is 4.74 Å². The first kappa shape index (κ1) is 14.9. The molecule has 0 spiro atoms. The monoisotopic (exact) mass is 305 g/mol. The molecule has 1 heterocycles. The van der Waals surface area contributed by atoms with Crippen LogP contribution in [-0.2, 0) is 0 Å². The van der Waals surface area contributed by atoms with Crippen molar-refractivity contribution >= 4 is 34.5 Å². The summed E-state index contributed by atoms with van der Waals surface area (Å²) < 4.78 is 5.24. The van der Waals surface area contributed by atoms with Gasteiger partial charge in [-0.25, -0.2) is 0 Å². The quantitative estimate of drug-likeness (QED) is 0.779. The predicted molar refractivity (Wildman–Crippen MR) is 88.1 cm³/mol. The van der Waals surface area contributed by atoms with Crippen LogP contribution in [0.1, 0.15) is 17.2 Å². The van der Waals surface area contributed by atoms with E-state index < -0.39 is 0 Å². The highest BCUT2D eigenvalue weighted by molar-refractivity contribution is 7.08. The number of benzene rings is 2. The second kappa shape index (κ2) is 6.27. The second-order valence-electron chi connectivity index (χ2n) is 4.51. The van der Waals surface area contributed by atoms with Gasteiger partial charge in [0.2, 0.25) is 0 Å². The predicted octanol–water partition coefficient (Wildman–Crippen LogP) is 4.38. The van der Waals surface area contributed by atoms with Crippen LogP contribution in [-0.4, -0.2) is 7.11 Å². The minimum atomic E-state index is -0.0576. The summed E-state index contributed by atoms with van der Waals surface area (Å²) in [6.45, 7) is 0. The molecule has 1 aromatic heterocycles. The summed E-state index contributed by atoms with van der Waals surface area (Å²) in [7, 11) is 1.68. The van der Waals surface area contributed by atoms with E-state index in [0.717, 1.165) is 16.9 Å². The molecule has 0 aliphatic heterocycles. The van der Waals surface area contributed by atoms with E-state index in [1.54, 1.807) is 18.4 Å². The molecule has 4 heteroatoms. The van der Waals surface area contributed by atoms with Crippen molar-refractivity contribution in [3.63, 3.8) is 0 Å². The van der Waals surface area contributed by atoms with Gasteiger partial charge in [0.1, 0.15) is 5.75 Å². The van der Waals surface area contributed by atoms with Crippen LogP contribution in [0.15, 0.2) is 53.2 Å². The van der Waals surface area contributed by atoms with E-state index in [2.05, 4.69) is 41.1 Å². The summed E-state index contributed by atoms with van der Waals surface area (Å²) in [5.74, 6) is 0.877. The molecule has 0 fully saturated rings. The van der Waals surface area contributed by atoms with Gasteiger partial charge in [0, 0.05) is 0 Å². The minimum Gasteiger partial charge on any atom is -0.497 e. The zero-order chi connectivity index (χ0) is 13.2. The molecule has 20 heavy (non-hydrogen) atoms. The van der Waals surface area contributed by atoms with E-state index >= 15 is 0 Å². The van der Waals surface area contributed by atoms with Crippen LogP contribution >= 0.6 is 23.7 Å². The standard InChI is InChI=1S/C16H15NOS.ClH/c1-18-15-5-4-11-8-13(3-2-12(11)9-15)16(17)14-6-7-19-10-14;/h2-10,16H,17H2,1H3;1H/t16-;/m1./s1. The molecule has 3 rings (SSSR count). The molecule has 0 aliphatic rings. The van der Waals surface area contributed by atoms with E-state index in [1.165, 1.54) is 10.8 Å². The van der Waals surface area contributed by atoms with Crippen LogP contribution in [0.5, 0.6) is 5.75 Å². The average molecular weight is 306 g/mol. The molecule has 0 saturated heterocycles. The zero-order valence-electron chi connectivity index (χ0n) is 11.1. The lowest BCUT2D eigenvalue weighted by molar-refractivity contribution is 0.415. The third-order valence-electron chi connectivity index (χ3n) is 3.33. The summed E-state index contributed by atoms with van der Waals surface area (Å²) in [4.78, 5) is 0. The maximum Gasteiger partial charge on any atom is 0.119 e. The summed E-state index contributed by atoms with van der Waals surface area (Å²) in [5.41, 5.74) is 8.59. The molecular formula is C16H16ClNOS. The normalized spacial score (nSPS) is 11.9. The summed E-state index contributed by atoms with van der Waals surface area (Å²) >= 11 is 1.67. The molecule has 1 atom stereocenters. The first-order valence-electron chi connectivity index (χ1n) is 6.13. The van der Waals surface area contributed by atoms with Gasteiger partial charge in [-0.2, -0.15) is 11.3 Å². The minimum absolute atomic E-state index is 0. The number of halogens is 1. The Morgan fingerprint density at radius 2 is 1.75 bits per heavy atom. The molecular weight excluding hydrogens is 290 g/mol. The fourth-order valence-electron chi connectivity index (χ4n) is 2.21. The number of thiophene rings is 1. The van der Waals surface area contributed by atoms with Crippen molar-refractivity contribution in [1.82, 2.24) is 0 Å². The fourth-order valence-corrected chi connectivity index (χ4v) is 2.90. The lowest BCUT2D eigenvalue weighted by Crippen LogP contribution is -2.10. The smallest absolute Gasteiger partial charge is 0.119 e. The van der Waals surface area contributed by atoms with Gasteiger partial charge in [0.05, 0.1) is 13.2 Å². The van der Waals surface area contributed by atoms with Crippen molar-refractivity contribution in [3.8, 4) is 5.75 Å². The SMILES string of the molecule is COc1ccc2cc([C@@H](N)c3ccsc3)ccc2c1.Cl. The third-order valence-corrected chi connectivity index (χ3v) is 4.03. The Morgan fingerprint density at radius 1 is 1.00 bits per heavy atom.